The van der Waals surface area contributed by atoms with E-state index in [4.69, 9.17) is 0 Å². The number of benzene rings is 2. The van der Waals surface area contributed by atoms with E-state index in [-0.39, 0.29) is 5.56 Å². The van der Waals surface area contributed by atoms with E-state index in [0.29, 0.717) is 12.1 Å². The zero-order chi connectivity index (χ0) is 17.0. The van der Waals surface area contributed by atoms with Gasteiger partial charge in [0.2, 0.25) is 0 Å². The zero-order valence-corrected chi connectivity index (χ0v) is 13.5. The third-order valence-corrected chi connectivity index (χ3v) is 3.54. The van der Waals surface area contributed by atoms with Crippen LogP contribution in [0.3, 0.4) is 0 Å². The van der Waals surface area contributed by atoms with Gasteiger partial charge >= 0.3 is 6.18 Å². The van der Waals surface area contributed by atoms with Crippen LogP contribution in [0, 0.1) is 0 Å². The third kappa shape index (κ3) is 4.23. The summed E-state index contributed by atoms with van der Waals surface area (Å²) in [6.07, 6.45) is -4.38. The van der Waals surface area contributed by atoms with E-state index >= 15 is 0 Å². The topological polar surface area (TPSA) is 3.24 Å². The highest BCUT2D eigenvalue weighted by atomic mass is 19.4. The van der Waals surface area contributed by atoms with E-state index in [2.05, 4.69) is 0 Å². The molecule has 4 heteroatoms. The van der Waals surface area contributed by atoms with Crippen LogP contribution in [0.15, 0.2) is 60.2 Å². The number of nitrogens with zero attached hydrogens (tertiary/aromatic N) is 1. The maximum Gasteiger partial charge on any atom is 0.417 e. The van der Waals surface area contributed by atoms with Crippen molar-refractivity contribution >= 4 is 5.57 Å². The highest BCUT2D eigenvalue weighted by molar-refractivity contribution is 5.83. The maximum absolute atomic E-state index is 13.4. The second kappa shape index (κ2) is 7.01. The Balaban J connectivity index is 2.70. The summed E-state index contributed by atoms with van der Waals surface area (Å²) in [7, 11) is 3.81. The lowest BCUT2D eigenvalue weighted by Crippen LogP contribution is -2.16. The highest BCUT2D eigenvalue weighted by Gasteiger charge is 2.34. The normalized spacial score (nSPS) is 13.2. The molecule has 0 atom stereocenters. The molecule has 0 aliphatic rings. The van der Waals surface area contributed by atoms with Crippen LogP contribution in [0.25, 0.3) is 5.57 Å². The van der Waals surface area contributed by atoms with Gasteiger partial charge in [-0.05, 0) is 43.8 Å². The van der Waals surface area contributed by atoms with Gasteiger partial charge in [0.05, 0.1) is 5.56 Å². The van der Waals surface area contributed by atoms with E-state index in [9.17, 15) is 13.2 Å². The lowest BCUT2D eigenvalue weighted by Gasteiger charge is -2.20. The Bertz CT molecular complexity index is 685. The molecule has 0 spiro atoms. The molecule has 2 aromatic carbocycles. The zero-order valence-electron chi connectivity index (χ0n) is 13.5. The molecular formula is C19H20F3N. The molecule has 0 N–H and O–H groups in total. The molecule has 0 fully saturated rings. The average Bonchev–Trinajstić information content (AvgIpc) is 2.47. The van der Waals surface area contributed by atoms with E-state index < -0.39 is 11.7 Å². The van der Waals surface area contributed by atoms with Crippen molar-refractivity contribution in [1.29, 1.82) is 0 Å². The van der Waals surface area contributed by atoms with Crippen LogP contribution in [0.4, 0.5) is 13.2 Å². The van der Waals surface area contributed by atoms with Crippen molar-refractivity contribution in [2.24, 2.45) is 0 Å². The van der Waals surface area contributed by atoms with Gasteiger partial charge in [-0.3, -0.25) is 0 Å². The van der Waals surface area contributed by atoms with Crippen molar-refractivity contribution in [3.8, 4) is 0 Å². The molecular weight excluding hydrogens is 299 g/mol. The van der Waals surface area contributed by atoms with Crippen LogP contribution in [0.1, 0.15) is 23.6 Å². The van der Waals surface area contributed by atoms with Gasteiger partial charge in [0.25, 0.3) is 0 Å². The van der Waals surface area contributed by atoms with Gasteiger partial charge in [-0.15, -0.1) is 0 Å². The fourth-order valence-electron chi connectivity index (χ4n) is 2.74. The minimum atomic E-state index is -4.38. The SMILES string of the molecule is C/C(CN(C)C)=C(/c1ccccc1)c1ccccc1C(F)(F)F. The molecule has 0 heterocycles. The molecule has 0 bridgehead atoms. The minimum Gasteiger partial charge on any atom is -0.305 e. The predicted molar refractivity (Wildman–Crippen MR) is 88.1 cm³/mol. The molecule has 0 radical (unpaired) electrons. The standard InChI is InChI=1S/C19H20F3N/c1-14(13-23(2)3)18(15-9-5-4-6-10-15)16-11-7-8-12-17(16)19(20,21)22/h4-12H,13H2,1-3H3/b18-14+. The van der Waals surface area contributed by atoms with Gasteiger partial charge in [-0.1, -0.05) is 54.1 Å². The van der Waals surface area contributed by atoms with E-state index in [0.717, 1.165) is 17.2 Å². The molecule has 2 rings (SSSR count). The monoisotopic (exact) mass is 319 g/mol. The molecule has 1 nitrogen and oxygen atoms in total. The van der Waals surface area contributed by atoms with Crippen LogP contribution in [-0.2, 0) is 6.18 Å². The van der Waals surface area contributed by atoms with Gasteiger partial charge in [-0.2, -0.15) is 13.2 Å². The first-order valence-corrected chi connectivity index (χ1v) is 7.37. The van der Waals surface area contributed by atoms with Crippen molar-refractivity contribution < 1.29 is 13.2 Å². The molecule has 0 aromatic heterocycles. The Labute approximate surface area is 135 Å². The number of likely N-dealkylation sites (N-methyl/N-ethyl adjacent to an activating group) is 1. The Morgan fingerprint density at radius 3 is 2.04 bits per heavy atom. The molecule has 0 unspecified atom stereocenters. The van der Waals surface area contributed by atoms with E-state index in [1.165, 1.54) is 6.07 Å². The molecule has 23 heavy (non-hydrogen) atoms. The second-order valence-corrected chi connectivity index (χ2v) is 5.80. The third-order valence-electron chi connectivity index (χ3n) is 3.54. The molecule has 122 valence electrons. The summed E-state index contributed by atoms with van der Waals surface area (Å²) in [6, 6.07) is 15.0. The quantitative estimate of drug-likeness (QED) is 0.759. The highest BCUT2D eigenvalue weighted by Crippen LogP contribution is 2.38. The molecule has 0 amide bonds. The number of rotatable bonds is 4. The lowest BCUT2D eigenvalue weighted by atomic mass is 9.90. The Morgan fingerprint density at radius 1 is 0.913 bits per heavy atom. The maximum atomic E-state index is 13.4. The number of alkyl halides is 3. The predicted octanol–water partition coefficient (Wildman–Crippen LogP) is 5.09. The van der Waals surface area contributed by atoms with Crippen LogP contribution in [-0.4, -0.2) is 25.5 Å². The molecule has 2 aromatic rings. The lowest BCUT2D eigenvalue weighted by molar-refractivity contribution is -0.137. The van der Waals surface area contributed by atoms with Crippen molar-refractivity contribution in [3.05, 3.63) is 76.9 Å². The largest absolute Gasteiger partial charge is 0.417 e. The van der Waals surface area contributed by atoms with Crippen LogP contribution in [0.2, 0.25) is 0 Å². The smallest absolute Gasteiger partial charge is 0.305 e. The van der Waals surface area contributed by atoms with Crippen LogP contribution < -0.4 is 0 Å². The van der Waals surface area contributed by atoms with Crippen molar-refractivity contribution in [2.45, 2.75) is 13.1 Å². The number of hydrogen-bond acceptors (Lipinski definition) is 1. The minimum absolute atomic E-state index is 0.227. The van der Waals surface area contributed by atoms with Gasteiger partial charge in [0.15, 0.2) is 0 Å². The number of hydrogen-bond donors (Lipinski definition) is 0. The Morgan fingerprint density at radius 2 is 1.48 bits per heavy atom. The van der Waals surface area contributed by atoms with Crippen LogP contribution >= 0.6 is 0 Å². The van der Waals surface area contributed by atoms with Crippen molar-refractivity contribution in [2.75, 3.05) is 20.6 Å². The van der Waals surface area contributed by atoms with Gasteiger partial charge in [0.1, 0.15) is 0 Å². The molecule has 0 aliphatic carbocycles. The first kappa shape index (κ1) is 17.3. The Hall–Kier alpha value is -2.07. The summed E-state index contributed by atoms with van der Waals surface area (Å²) in [5.74, 6) is 0. The fourth-order valence-corrected chi connectivity index (χ4v) is 2.74. The van der Waals surface area contributed by atoms with E-state index in [1.807, 2.05) is 56.3 Å². The summed E-state index contributed by atoms with van der Waals surface area (Å²) in [5, 5.41) is 0. The first-order valence-electron chi connectivity index (χ1n) is 7.37. The summed E-state index contributed by atoms with van der Waals surface area (Å²) in [4.78, 5) is 1.95. The summed E-state index contributed by atoms with van der Waals surface area (Å²) in [5.41, 5.74) is 1.97. The van der Waals surface area contributed by atoms with E-state index in [1.54, 1.807) is 12.1 Å². The fraction of sp³-hybridized carbons (Fsp3) is 0.263. The van der Waals surface area contributed by atoms with Gasteiger partial charge in [0, 0.05) is 6.54 Å². The summed E-state index contributed by atoms with van der Waals surface area (Å²) < 4.78 is 40.3. The Kier molecular flexibility index (Phi) is 5.26. The number of halogens is 3. The molecule has 0 saturated heterocycles. The molecule has 0 saturated carbocycles. The van der Waals surface area contributed by atoms with Gasteiger partial charge < -0.3 is 4.90 Å². The molecule has 0 aliphatic heterocycles. The average molecular weight is 319 g/mol. The van der Waals surface area contributed by atoms with Crippen LogP contribution in [0.5, 0.6) is 0 Å². The van der Waals surface area contributed by atoms with Gasteiger partial charge in [-0.25, -0.2) is 0 Å². The van der Waals surface area contributed by atoms with Crippen molar-refractivity contribution in [3.63, 3.8) is 0 Å². The van der Waals surface area contributed by atoms with Crippen molar-refractivity contribution in [1.82, 2.24) is 4.90 Å². The first-order chi connectivity index (χ1) is 10.8. The second-order valence-electron chi connectivity index (χ2n) is 5.80. The summed E-state index contributed by atoms with van der Waals surface area (Å²) in [6.45, 7) is 2.48. The summed E-state index contributed by atoms with van der Waals surface area (Å²) >= 11 is 0.